The number of carbonyl (C=O) groups is 1. The number of hydrogen-bond donors (Lipinski definition) is 2. The predicted octanol–water partition coefficient (Wildman–Crippen LogP) is 0.548. The van der Waals surface area contributed by atoms with Crippen molar-refractivity contribution in [3.63, 3.8) is 0 Å². The normalized spacial score (nSPS) is 21.1. The number of hydrogen-bond acceptors (Lipinski definition) is 2. The van der Waals surface area contributed by atoms with Crippen LogP contribution in [-0.2, 0) is 0 Å². The maximum absolute atomic E-state index is 10.7. The Bertz CT molecular complexity index is 214. The Kier molecular flexibility index (Phi) is 2.28. The molecule has 0 aromatic heterocycles. The lowest BCUT2D eigenvalue weighted by Crippen LogP contribution is -2.65. The van der Waals surface area contributed by atoms with Crippen LogP contribution in [-0.4, -0.2) is 34.7 Å². The fourth-order valence-corrected chi connectivity index (χ4v) is 1.92. The van der Waals surface area contributed by atoms with Crippen molar-refractivity contribution in [3.8, 4) is 0 Å². The molecule has 0 unspecified atom stereocenters. The summed E-state index contributed by atoms with van der Waals surface area (Å²) in [6, 6.07) is -0.446. The second kappa shape index (κ2) is 2.87. The van der Waals surface area contributed by atoms with Crippen LogP contribution >= 0.6 is 0 Å². The van der Waals surface area contributed by atoms with Gasteiger partial charge < -0.3 is 15.7 Å². The number of carbonyl (C=O) groups excluding carboxylic acids is 1. The summed E-state index contributed by atoms with van der Waals surface area (Å²) in [5.74, 6) is 0. The minimum absolute atomic E-state index is 0.0818. The fourth-order valence-electron chi connectivity index (χ4n) is 1.92. The van der Waals surface area contributed by atoms with E-state index in [-0.39, 0.29) is 5.41 Å². The first-order valence-corrected chi connectivity index (χ1v) is 4.49. The Balaban J connectivity index is 2.43. The van der Waals surface area contributed by atoms with Gasteiger partial charge in [-0.1, -0.05) is 20.8 Å². The van der Waals surface area contributed by atoms with Crippen molar-refractivity contribution in [3.05, 3.63) is 0 Å². The van der Waals surface area contributed by atoms with Crippen LogP contribution in [0.3, 0.4) is 0 Å². The second-order valence-corrected chi connectivity index (χ2v) is 5.16. The quantitative estimate of drug-likeness (QED) is 0.628. The zero-order valence-corrected chi connectivity index (χ0v) is 8.50. The van der Waals surface area contributed by atoms with Gasteiger partial charge in [0.05, 0.1) is 13.1 Å². The van der Waals surface area contributed by atoms with Crippen molar-refractivity contribution >= 4 is 6.03 Å². The summed E-state index contributed by atoms with van der Waals surface area (Å²) in [4.78, 5) is 12.1. The SMILES string of the molecule is CC(C)(C)CC1(O)CN(C(N)=O)C1. The van der Waals surface area contributed by atoms with Crippen LogP contribution in [0.4, 0.5) is 4.79 Å². The number of rotatable bonds is 1. The minimum atomic E-state index is -0.715. The first-order chi connectivity index (χ1) is 5.72. The molecule has 0 spiro atoms. The van der Waals surface area contributed by atoms with Crippen molar-refractivity contribution in [2.45, 2.75) is 32.8 Å². The molecule has 0 radical (unpaired) electrons. The highest BCUT2D eigenvalue weighted by atomic mass is 16.3. The highest BCUT2D eigenvalue weighted by Crippen LogP contribution is 2.33. The molecule has 1 heterocycles. The van der Waals surface area contributed by atoms with E-state index in [1.165, 1.54) is 4.90 Å². The van der Waals surface area contributed by atoms with Gasteiger partial charge in [-0.2, -0.15) is 0 Å². The predicted molar refractivity (Wildman–Crippen MR) is 50.2 cm³/mol. The lowest BCUT2D eigenvalue weighted by molar-refractivity contribution is -0.0972. The van der Waals surface area contributed by atoms with Crippen molar-refractivity contribution in [2.75, 3.05) is 13.1 Å². The van der Waals surface area contributed by atoms with Gasteiger partial charge in [0, 0.05) is 0 Å². The maximum atomic E-state index is 10.7. The van der Waals surface area contributed by atoms with Crippen LogP contribution in [0, 0.1) is 5.41 Å². The summed E-state index contributed by atoms with van der Waals surface area (Å²) in [5.41, 5.74) is 4.43. The summed E-state index contributed by atoms with van der Waals surface area (Å²) >= 11 is 0. The van der Waals surface area contributed by atoms with Gasteiger partial charge >= 0.3 is 6.03 Å². The van der Waals surface area contributed by atoms with Crippen LogP contribution in [0.2, 0.25) is 0 Å². The molecule has 0 bridgehead atoms. The molecule has 2 amide bonds. The smallest absolute Gasteiger partial charge is 0.314 e. The highest BCUT2D eigenvalue weighted by molar-refractivity contribution is 5.73. The van der Waals surface area contributed by atoms with E-state index in [0.717, 1.165) is 0 Å². The lowest BCUT2D eigenvalue weighted by atomic mass is 9.78. The molecular weight excluding hydrogens is 168 g/mol. The molecular formula is C9H18N2O2. The third-order valence-corrected chi connectivity index (χ3v) is 2.14. The summed E-state index contributed by atoms with van der Waals surface area (Å²) in [6.07, 6.45) is 0.698. The number of likely N-dealkylation sites (tertiary alicyclic amines) is 1. The molecule has 0 atom stereocenters. The molecule has 3 N–H and O–H groups in total. The molecule has 4 nitrogen and oxygen atoms in total. The molecule has 0 aromatic rings. The van der Waals surface area contributed by atoms with Gasteiger partial charge in [-0.15, -0.1) is 0 Å². The van der Waals surface area contributed by atoms with Crippen LogP contribution in [0.5, 0.6) is 0 Å². The van der Waals surface area contributed by atoms with Crippen LogP contribution in [0.1, 0.15) is 27.2 Å². The monoisotopic (exact) mass is 186 g/mol. The number of urea groups is 1. The third-order valence-electron chi connectivity index (χ3n) is 2.14. The van der Waals surface area contributed by atoms with E-state index in [9.17, 15) is 9.90 Å². The number of aliphatic hydroxyl groups is 1. The zero-order valence-electron chi connectivity index (χ0n) is 8.50. The molecule has 4 heteroatoms. The van der Waals surface area contributed by atoms with E-state index >= 15 is 0 Å². The molecule has 0 saturated carbocycles. The summed E-state index contributed by atoms with van der Waals surface area (Å²) in [7, 11) is 0. The van der Waals surface area contributed by atoms with E-state index in [1.54, 1.807) is 0 Å². The van der Waals surface area contributed by atoms with Gasteiger partial charge in [-0.05, 0) is 11.8 Å². The first-order valence-electron chi connectivity index (χ1n) is 4.49. The van der Waals surface area contributed by atoms with Crippen molar-refractivity contribution in [2.24, 2.45) is 11.1 Å². The molecule has 0 aromatic carbocycles. The standard InChI is InChI=1S/C9H18N2O2/c1-8(2,3)4-9(13)5-11(6-9)7(10)12/h13H,4-6H2,1-3H3,(H2,10,12). The molecule has 1 rings (SSSR count). The molecule has 0 aliphatic carbocycles. The summed E-state index contributed by atoms with van der Waals surface area (Å²) in [6.45, 7) is 6.95. The van der Waals surface area contributed by atoms with Crippen molar-refractivity contribution in [1.82, 2.24) is 4.90 Å². The minimum Gasteiger partial charge on any atom is -0.386 e. The van der Waals surface area contributed by atoms with Gasteiger partial charge in [-0.3, -0.25) is 0 Å². The van der Waals surface area contributed by atoms with Crippen molar-refractivity contribution < 1.29 is 9.90 Å². The Morgan fingerprint density at radius 2 is 2.00 bits per heavy atom. The van der Waals surface area contributed by atoms with Gasteiger partial charge in [0.25, 0.3) is 0 Å². The fraction of sp³-hybridized carbons (Fsp3) is 0.889. The molecule has 1 aliphatic rings. The van der Waals surface area contributed by atoms with Gasteiger partial charge in [-0.25, -0.2) is 4.79 Å². The van der Waals surface area contributed by atoms with E-state index in [1.807, 2.05) is 0 Å². The Morgan fingerprint density at radius 3 is 2.31 bits per heavy atom. The number of nitrogens with zero attached hydrogens (tertiary/aromatic N) is 1. The van der Waals surface area contributed by atoms with Gasteiger partial charge in [0.2, 0.25) is 0 Å². The largest absolute Gasteiger partial charge is 0.386 e. The number of nitrogens with two attached hydrogens (primary N) is 1. The van der Waals surface area contributed by atoms with Gasteiger partial charge in [0.1, 0.15) is 5.60 Å². The molecule has 76 valence electrons. The topological polar surface area (TPSA) is 66.6 Å². The zero-order chi connectivity index (χ0) is 10.3. The molecule has 1 aliphatic heterocycles. The Hall–Kier alpha value is -0.770. The average molecular weight is 186 g/mol. The van der Waals surface area contributed by atoms with Gasteiger partial charge in [0.15, 0.2) is 0 Å². The molecule has 13 heavy (non-hydrogen) atoms. The number of primary amides is 1. The van der Waals surface area contributed by atoms with Crippen LogP contribution in [0.25, 0.3) is 0 Å². The van der Waals surface area contributed by atoms with Crippen LogP contribution in [0.15, 0.2) is 0 Å². The Morgan fingerprint density at radius 1 is 1.54 bits per heavy atom. The third kappa shape index (κ3) is 2.59. The van der Waals surface area contributed by atoms with E-state index in [0.29, 0.717) is 19.5 Å². The first kappa shape index (κ1) is 10.3. The van der Waals surface area contributed by atoms with Crippen molar-refractivity contribution in [1.29, 1.82) is 0 Å². The lowest BCUT2D eigenvalue weighted by Gasteiger charge is -2.48. The molecule has 1 fully saturated rings. The Labute approximate surface area is 78.7 Å². The van der Waals surface area contributed by atoms with E-state index < -0.39 is 11.6 Å². The maximum Gasteiger partial charge on any atom is 0.314 e. The second-order valence-electron chi connectivity index (χ2n) is 5.16. The number of β-amino-alcohol motifs (C(OH)–C–C–N with tert-alkyl or cyclic N) is 1. The average Bonchev–Trinajstić information content (AvgIpc) is 1.77. The van der Waals surface area contributed by atoms with E-state index in [2.05, 4.69) is 20.8 Å². The number of amides is 2. The molecule has 1 saturated heterocycles. The van der Waals surface area contributed by atoms with Crippen LogP contribution < -0.4 is 5.73 Å². The van der Waals surface area contributed by atoms with E-state index in [4.69, 9.17) is 5.73 Å². The summed E-state index contributed by atoms with van der Waals surface area (Å²) in [5, 5.41) is 9.92. The highest BCUT2D eigenvalue weighted by Gasteiger charge is 2.44. The summed E-state index contributed by atoms with van der Waals surface area (Å²) < 4.78 is 0.